The van der Waals surface area contributed by atoms with Crippen molar-refractivity contribution >= 4 is 17.7 Å². The molecule has 0 N–H and O–H groups in total. The predicted molar refractivity (Wildman–Crippen MR) is 56.4 cm³/mol. The largest absolute Gasteiger partial charge is 0.468 e. The maximum absolute atomic E-state index is 11.3. The van der Waals surface area contributed by atoms with Crippen LogP contribution >= 0.6 is 11.8 Å². The number of benzene rings is 1. The molecule has 0 amide bonds. The van der Waals surface area contributed by atoms with E-state index in [-0.39, 0.29) is 11.2 Å². The number of methoxy groups -OCH3 is 1. The van der Waals surface area contributed by atoms with Gasteiger partial charge in [0.25, 0.3) is 0 Å². The van der Waals surface area contributed by atoms with E-state index in [0.29, 0.717) is 0 Å². The van der Waals surface area contributed by atoms with E-state index in [1.165, 1.54) is 17.6 Å². The van der Waals surface area contributed by atoms with Crippen LogP contribution < -0.4 is 0 Å². The van der Waals surface area contributed by atoms with E-state index in [4.69, 9.17) is 4.74 Å². The van der Waals surface area contributed by atoms with Crippen LogP contribution in [-0.2, 0) is 16.0 Å². The Kier molecular flexibility index (Phi) is 2.77. The lowest BCUT2D eigenvalue weighted by Crippen LogP contribution is -2.22. The highest BCUT2D eigenvalue weighted by Gasteiger charge is 2.25. The normalized spacial score (nSPS) is 19.9. The van der Waals surface area contributed by atoms with E-state index in [1.54, 1.807) is 11.8 Å². The van der Waals surface area contributed by atoms with Gasteiger partial charge >= 0.3 is 5.97 Å². The molecule has 14 heavy (non-hydrogen) atoms. The minimum atomic E-state index is -0.107. The van der Waals surface area contributed by atoms with Crippen molar-refractivity contribution in [2.45, 2.75) is 23.0 Å². The predicted octanol–water partition coefficient (Wildman–Crippen LogP) is 2.27. The minimum absolute atomic E-state index is 0.0186. The van der Waals surface area contributed by atoms with Gasteiger partial charge < -0.3 is 4.74 Å². The molecule has 1 unspecified atom stereocenters. The fourth-order valence-corrected chi connectivity index (χ4v) is 2.83. The summed E-state index contributed by atoms with van der Waals surface area (Å²) in [5.41, 5.74) is 1.35. The van der Waals surface area contributed by atoms with Crippen molar-refractivity contribution in [2.75, 3.05) is 7.11 Å². The summed E-state index contributed by atoms with van der Waals surface area (Å²) in [5.74, 6) is -0.107. The van der Waals surface area contributed by atoms with Gasteiger partial charge in [-0.25, -0.2) is 0 Å². The van der Waals surface area contributed by atoms with E-state index in [2.05, 4.69) is 12.1 Å². The molecule has 0 radical (unpaired) electrons. The van der Waals surface area contributed by atoms with Gasteiger partial charge in [0.1, 0.15) is 5.25 Å². The van der Waals surface area contributed by atoms with Crippen LogP contribution in [0.25, 0.3) is 0 Å². The van der Waals surface area contributed by atoms with Crippen LogP contribution in [0.15, 0.2) is 29.2 Å². The van der Waals surface area contributed by atoms with E-state index in [0.717, 1.165) is 12.8 Å². The van der Waals surface area contributed by atoms with Gasteiger partial charge in [-0.15, -0.1) is 11.8 Å². The molecular weight excluding hydrogens is 196 g/mol. The van der Waals surface area contributed by atoms with E-state index >= 15 is 0 Å². The number of thioether (sulfide) groups is 1. The number of hydrogen-bond acceptors (Lipinski definition) is 3. The molecule has 2 nitrogen and oxygen atoms in total. The first-order chi connectivity index (χ1) is 6.81. The van der Waals surface area contributed by atoms with E-state index in [1.807, 2.05) is 12.1 Å². The van der Waals surface area contributed by atoms with Crippen LogP contribution in [0.4, 0.5) is 0 Å². The summed E-state index contributed by atoms with van der Waals surface area (Å²) < 4.78 is 4.74. The third-order valence-electron chi connectivity index (χ3n) is 2.38. The number of aryl methyl sites for hydroxylation is 1. The molecule has 1 aromatic carbocycles. The highest BCUT2D eigenvalue weighted by molar-refractivity contribution is 8.00. The lowest BCUT2D eigenvalue weighted by molar-refractivity contribution is -0.140. The molecule has 1 heterocycles. The second kappa shape index (κ2) is 4.05. The zero-order valence-electron chi connectivity index (χ0n) is 8.03. The monoisotopic (exact) mass is 208 g/mol. The SMILES string of the molecule is COC(=O)C1CCc2ccccc2S1. The summed E-state index contributed by atoms with van der Waals surface area (Å²) in [4.78, 5) is 12.6. The highest BCUT2D eigenvalue weighted by Crippen LogP contribution is 2.35. The number of hydrogen-bond donors (Lipinski definition) is 0. The molecule has 0 bridgehead atoms. The van der Waals surface area contributed by atoms with Crippen LogP contribution in [0.3, 0.4) is 0 Å². The lowest BCUT2D eigenvalue weighted by Gasteiger charge is -2.21. The topological polar surface area (TPSA) is 26.3 Å². The molecular formula is C11H12O2S. The Hall–Kier alpha value is -0.960. The van der Waals surface area contributed by atoms with Gasteiger partial charge in [-0.1, -0.05) is 18.2 Å². The number of carbonyl (C=O) groups is 1. The van der Waals surface area contributed by atoms with Crippen molar-refractivity contribution in [1.29, 1.82) is 0 Å². The zero-order chi connectivity index (χ0) is 9.97. The summed E-state index contributed by atoms with van der Waals surface area (Å²) in [6.07, 6.45) is 1.86. The molecule has 1 aliphatic rings. The molecule has 2 rings (SSSR count). The summed E-state index contributed by atoms with van der Waals surface area (Å²) in [7, 11) is 1.45. The number of rotatable bonds is 1. The number of fused-ring (bicyclic) bond motifs is 1. The molecule has 0 saturated heterocycles. The fourth-order valence-electron chi connectivity index (χ4n) is 1.62. The van der Waals surface area contributed by atoms with E-state index < -0.39 is 0 Å². The number of esters is 1. The molecule has 0 aliphatic carbocycles. The van der Waals surface area contributed by atoms with Crippen molar-refractivity contribution in [3.63, 3.8) is 0 Å². The van der Waals surface area contributed by atoms with Gasteiger partial charge in [0.05, 0.1) is 7.11 Å². The van der Waals surface area contributed by atoms with Gasteiger partial charge in [-0.2, -0.15) is 0 Å². The van der Waals surface area contributed by atoms with Gasteiger partial charge in [0, 0.05) is 4.90 Å². The molecule has 1 atom stereocenters. The van der Waals surface area contributed by atoms with Crippen molar-refractivity contribution in [3.05, 3.63) is 29.8 Å². The molecule has 0 saturated carbocycles. The molecule has 0 fully saturated rings. The number of carbonyl (C=O) groups excluding carboxylic acids is 1. The summed E-state index contributed by atoms with van der Waals surface area (Å²) >= 11 is 1.62. The van der Waals surface area contributed by atoms with Crippen molar-refractivity contribution in [2.24, 2.45) is 0 Å². The quantitative estimate of drug-likeness (QED) is 0.662. The summed E-state index contributed by atoms with van der Waals surface area (Å²) in [5, 5.41) is -0.0186. The van der Waals surface area contributed by atoms with Crippen LogP contribution in [-0.4, -0.2) is 18.3 Å². The van der Waals surface area contributed by atoms with Gasteiger partial charge in [0.15, 0.2) is 0 Å². The maximum atomic E-state index is 11.3. The first kappa shape index (κ1) is 9.59. The summed E-state index contributed by atoms with van der Waals surface area (Å²) in [6, 6.07) is 8.23. The smallest absolute Gasteiger partial charge is 0.319 e. The molecule has 1 aromatic rings. The molecule has 0 spiro atoms. The van der Waals surface area contributed by atoms with Crippen LogP contribution in [0.1, 0.15) is 12.0 Å². The first-order valence-corrected chi connectivity index (χ1v) is 5.51. The third kappa shape index (κ3) is 1.77. The van der Waals surface area contributed by atoms with Gasteiger partial charge in [-0.05, 0) is 24.5 Å². The molecule has 3 heteroatoms. The van der Waals surface area contributed by atoms with Crippen molar-refractivity contribution in [1.82, 2.24) is 0 Å². The van der Waals surface area contributed by atoms with Crippen molar-refractivity contribution in [3.8, 4) is 0 Å². The van der Waals surface area contributed by atoms with Crippen molar-refractivity contribution < 1.29 is 9.53 Å². The standard InChI is InChI=1S/C11H12O2S/c1-13-11(12)10-7-6-8-4-2-3-5-9(8)14-10/h2-5,10H,6-7H2,1H3. The Morgan fingerprint density at radius 3 is 3.07 bits per heavy atom. The Labute approximate surface area is 87.6 Å². The Morgan fingerprint density at radius 1 is 1.50 bits per heavy atom. The minimum Gasteiger partial charge on any atom is -0.468 e. The Bertz CT molecular complexity index is 349. The Balaban J connectivity index is 2.17. The maximum Gasteiger partial charge on any atom is 0.319 e. The second-order valence-electron chi connectivity index (χ2n) is 3.28. The number of ether oxygens (including phenoxy) is 1. The third-order valence-corrected chi connectivity index (χ3v) is 3.75. The summed E-state index contributed by atoms with van der Waals surface area (Å²) in [6.45, 7) is 0. The molecule has 74 valence electrons. The first-order valence-electron chi connectivity index (χ1n) is 4.63. The molecule has 0 aromatic heterocycles. The second-order valence-corrected chi connectivity index (χ2v) is 4.52. The van der Waals surface area contributed by atoms with Crippen LogP contribution in [0, 0.1) is 0 Å². The van der Waals surface area contributed by atoms with Gasteiger partial charge in [-0.3, -0.25) is 4.79 Å². The van der Waals surface area contributed by atoms with Crippen LogP contribution in [0.2, 0.25) is 0 Å². The zero-order valence-corrected chi connectivity index (χ0v) is 8.84. The van der Waals surface area contributed by atoms with Crippen LogP contribution in [0.5, 0.6) is 0 Å². The van der Waals surface area contributed by atoms with Gasteiger partial charge in [0.2, 0.25) is 0 Å². The molecule has 1 aliphatic heterocycles. The van der Waals surface area contributed by atoms with E-state index in [9.17, 15) is 4.79 Å². The average molecular weight is 208 g/mol. The average Bonchev–Trinajstić information content (AvgIpc) is 2.27. The Morgan fingerprint density at radius 2 is 2.29 bits per heavy atom. The lowest BCUT2D eigenvalue weighted by atomic mass is 10.1. The fraction of sp³-hybridized carbons (Fsp3) is 0.364. The highest BCUT2D eigenvalue weighted by atomic mass is 32.2.